The van der Waals surface area contributed by atoms with Gasteiger partial charge in [0.15, 0.2) is 0 Å². The molecule has 0 bridgehead atoms. The maximum atomic E-state index is 11.8. The molecule has 0 radical (unpaired) electrons. The van der Waals surface area contributed by atoms with E-state index >= 15 is 0 Å². The molecule has 1 aromatic rings. The Balaban J connectivity index is 2.59. The minimum atomic E-state index is -4.23. The molecule has 0 unspecified atom stereocenters. The first-order chi connectivity index (χ1) is 9.47. The molecule has 0 saturated heterocycles. The number of benzene rings is 1. The van der Waals surface area contributed by atoms with Gasteiger partial charge >= 0.3 is 5.97 Å². The van der Waals surface area contributed by atoms with Crippen molar-refractivity contribution in [3.05, 3.63) is 24.3 Å². The highest BCUT2D eigenvalue weighted by Crippen LogP contribution is 2.26. The molecule has 0 saturated carbocycles. The summed E-state index contributed by atoms with van der Waals surface area (Å²) in [6, 6.07) is 5.07. The van der Waals surface area contributed by atoms with E-state index in [4.69, 9.17) is 9.29 Å². The highest BCUT2D eigenvalue weighted by molar-refractivity contribution is 7.85. The quantitative estimate of drug-likeness (QED) is 0.512. The predicted molar refractivity (Wildman–Crippen MR) is 79.7 cm³/mol. The van der Waals surface area contributed by atoms with Crippen LogP contribution in [-0.4, -0.2) is 18.9 Å². The lowest BCUT2D eigenvalue weighted by atomic mass is 9.84. The number of rotatable bonds is 5. The van der Waals surface area contributed by atoms with Crippen molar-refractivity contribution in [2.45, 2.75) is 45.4 Å². The van der Waals surface area contributed by atoms with Crippen molar-refractivity contribution in [2.75, 3.05) is 0 Å². The third kappa shape index (κ3) is 6.73. The van der Waals surface area contributed by atoms with Crippen LogP contribution in [0.25, 0.3) is 0 Å². The Morgan fingerprint density at radius 3 is 2.19 bits per heavy atom. The molecule has 6 heteroatoms. The Hall–Kier alpha value is -1.40. The zero-order chi connectivity index (χ0) is 16.3. The minimum Gasteiger partial charge on any atom is -0.427 e. The first kappa shape index (κ1) is 17.7. The van der Waals surface area contributed by atoms with E-state index in [1.807, 2.05) is 6.92 Å². The molecule has 1 N–H and O–H groups in total. The molecular formula is C15H22O5S. The summed E-state index contributed by atoms with van der Waals surface area (Å²) in [6.07, 6.45) is 1.21. The maximum Gasteiger partial charge on any atom is 0.311 e. The number of carbonyl (C=O) groups excluding carboxylic acids is 1. The molecule has 1 atom stereocenters. The summed E-state index contributed by atoms with van der Waals surface area (Å²) in [5.41, 5.74) is 0.150. The van der Waals surface area contributed by atoms with Crippen LogP contribution in [0.15, 0.2) is 29.2 Å². The molecule has 1 aromatic carbocycles. The van der Waals surface area contributed by atoms with Gasteiger partial charge in [0.2, 0.25) is 0 Å². The van der Waals surface area contributed by atoms with Crippen LogP contribution >= 0.6 is 0 Å². The van der Waals surface area contributed by atoms with Crippen molar-refractivity contribution in [2.24, 2.45) is 11.3 Å². The average Bonchev–Trinajstić information content (AvgIpc) is 2.25. The average molecular weight is 314 g/mol. The fourth-order valence-corrected chi connectivity index (χ4v) is 2.73. The number of ether oxygens (including phenoxy) is 1. The Kier molecular flexibility index (Phi) is 5.53. The highest BCUT2D eigenvalue weighted by Gasteiger charge is 2.19. The third-order valence-electron chi connectivity index (χ3n) is 2.83. The first-order valence-corrected chi connectivity index (χ1v) is 8.19. The molecule has 0 aliphatic heterocycles. The van der Waals surface area contributed by atoms with Gasteiger partial charge in [-0.15, -0.1) is 0 Å². The van der Waals surface area contributed by atoms with Gasteiger partial charge in [0.05, 0.1) is 4.90 Å². The van der Waals surface area contributed by atoms with Gasteiger partial charge in [-0.1, -0.05) is 27.7 Å². The van der Waals surface area contributed by atoms with Crippen LogP contribution in [0.3, 0.4) is 0 Å². The number of carbonyl (C=O) groups is 1. The molecule has 0 heterocycles. The molecule has 0 fully saturated rings. The summed E-state index contributed by atoms with van der Waals surface area (Å²) >= 11 is 0. The maximum absolute atomic E-state index is 11.8. The van der Waals surface area contributed by atoms with Gasteiger partial charge in [-0.05, 0) is 42.0 Å². The Bertz CT molecular complexity index is 581. The predicted octanol–water partition coefficient (Wildman–Crippen LogP) is 3.30. The van der Waals surface area contributed by atoms with E-state index in [1.54, 1.807) is 0 Å². The van der Waals surface area contributed by atoms with Crippen molar-refractivity contribution >= 4 is 16.1 Å². The molecule has 0 aromatic heterocycles. The smallest absolute Gasteiger partial charge is 0.311 e. The van der Waals surface area contributed by atoms with E-state index in [0.29, 0.717) is 6.42 Å². The van der Waals surface area contributed by atoms with Gasteiger partial charge in [-0.3, -0.25) is 9.35 Å². The lowest BCUT2D eigenvalue weighted by Crippen LogP contribution is -2.17. The second kappa shape index (κ2) is 6.58. The van der Waals surface area contributed by atoms with Gasteiger partial charge in [-0.2, -0.15) is 8.42 Å². The summed E-state index contributed by atoms with van der Waals surface area (Å²) in [7, 11) is -4.23. The molecule has 0 spiro atoms. The molecule has 118 valence electrons. The lowest BCUT2D eigenvalue weighted by molar-refractivity contribution is -0.135. The fourth-order valence-electron chi connectivity index (χ4n) is 2.25. The van der Waals surface area contributed by atoms with Gasteiger partial charge in [0, 0.05) is 6.42 Å². The molecular weight excluding hydrogens is 292 g/mol. The lowest BCUT2D eigenvalue weighted by Gasteiger charge is -2.22. The van der Waals surface area contributed by atoms with Crippen LogP contribution in [0.1, 0.15) is 40.5 Å². The molecule has 0 aliphatic carbocycles. The van der Waals surface area contributed by atoms with E-state index in [1.165, 1.54) is 24.3 Å². The van der Waals surface area contributed by atoms with Crippen LogP contribution in [0.5, 0.6) is 5.75 Å². The standard InChI is InChI=1S/C15H22O5S/c1-11(10-15(2,3)4)9-14(16)20-12-5-7-13(8-6-12)21(17,18)19/h5-8,11H,9-10H2,1-4H3,(H,17,18,19)/t11-/m1/s1. The Morgan fingerprint density at radius 2 is 1.76 bits per heavy atom. The fraction of sp³-hybridized carbons (Fsp3) is 0.533. The molecule has 1 rings (SSSR count). The molecule has 0 amide bonds. The van der Waals surface area contributed by atoms with Crippen molar-refractivity contribution in [1.29, 1.82) is 0 Å². The zero-order valence-electron chi connectivity index (χ0n) is 12.8. The summed E-state index contributed by atoms with van der Waals surface area (Å²) in [4.78, 5) is 11.6. The van der Waals surface area contributed by atoms with Gasteiger partial charge in [-0.25, -0.2) is 0 Å². The van der Waals surface area contributed by atoms with E-state index in [-0.39, 0.29) is 27.9 Å². The molecule has 0 aliphatic rings. The van der Waals surface area contributed by atoms with E-state index in [0.717, 1.165) is 6.42 Å². The first-order valence-electron chi connectivity index (χ1n) is 6.75. The van der Waals surface area contributed by atoms with Crippen molar-refractivity contribution in [1.82, 2.24) is 0 Å². The third-order valence-corrected chi connectivity index (χ3v) is 3.70. The van der Waals surface area contributed by atoms with Crippen LogP contribution in [0.2, 0.25) is 0 Å². The van der Waals surface area contributed by atoms with E-state index in [2.05, 4.69) is 20.8 Å². The molecule has 21 heavy (non-hydrogen) atoms. The molecule has 5 nitrogen and oxygen atoms in total. The van der Waals surface area contributed by atoms with Crippen molar-refractivity contribution in [3.8, 4) is 5.75 Å². The van der Waals surface area contributed by atoms with Crippen molar-refractivity contribution in [3.63, 3.8) is 0 Å². The zero-order valence-corrected chi connectivity index (χ0v) is 13.6. The number of esters is 1. The normalized spacial score (nSPS) is 13.8. The van der Waals surface area contributed by atoms with Gasteiger partial charge < -0.3 is 4.74 Å². The number of hydrogen-bond donors (Lipinski definition) is 1. The van der Waals surface area contributed by atoms with Crippen LogP contribution in [-0.2, 0) is 14.9 Å². The van der Waals surface area contributed by atoms with Gasteiger partial charge in [0.25, 0.3) is 10.1 Å². The van der Waals surface area contributed by atoms with Crippen LogP contribution in [0, 0.1) is 11.3 Å². The van der Waals surface area contributed by atoms with Crippen LogP contribution in [0.4, 0.5) is 0 Å². The van der Waals surface area contributed by atoms with E-state index < -0.39 is 10.1 Å². The summed E-state index contributed by atoms with van der Waals surface area (Å²) in [6.45, 7) is 8.34. The Morgan fingerprint density at radius 1 is 1.24 bits per heavy atom. The second-order valence-electron chi connectivity index (χ2n) is 6.49. The van der Waals surface area contributed by atoms with Crippen molar-refractivity contribution < 1.29 is 22.5 Å². The highest BCUT2D eigenvalue weighted by atomic mass is 32.2. The largest absolute Gasteiger partial charge is 0.427 e. The van der Waals surface area contributed by atoms with Crippen LogP contribution < -0.4 is 4.74 Å². The number of hydrogen-bond acceptors (Lipinski definition) is 4. The topological polar surface area (TPSA) is 80.7 Å². The monoisotopic (exact) mass is 314 g/mol. The Labute approximate surface area is 126 Å². The second-order valence-corrected chi connectivity index (χ2v) is 7.92. The summed E-state index contributed by atoms with van der Waals surface area (Å²) in [5.74, 6) is 0.108. The summed E-state index contributed by atoms with van der Waals surface area (Å²) in [5, 5.41) is 0. The summed E-state index contributed by atoms with van der Waals surface area (Å²) < 4.78 is 35.8. The SMILES string of the molecule is C[C@H](CC(=O)Oc1ccc(S(=O)(=O)O)cc1)CC(C)(C)C. The van der Waals surface area contributed by atoms with E-state index in [9.17, 15) is 13.2 Å². The minimum absolute atomic E-state index is 0.150. The van der Waals surface area contributed by atoms with Gasteiger partial charge in [0.1, 0.15) is 5.75 Å².